The number of hydrogen-bond acceptors (Lipinski definition) is 3. The van der Waals surface area contributed by atoms with Crippen molar-refractivity contribution in [1.82, 2.24) is 0 Å². The Hall–Kier alpha value is -0.120. The molecule has 0 amide bonds. The van der Waals surface area contributed by atoms with E-state index in [1.165, 1.54) is 7.11 Å². The molecule has 0 heterocycles. The molecule has 0 spiro atoms. The minimum absolute atomic E-state index is 0.656. The molecule has 62 valence electrons. The van der Waals surface area contributed by atoms with E-state index in [4.69, 9.17) is 4.74 Å². The number of ether oxygens (including phenoxy) is 1. The van der Waals surface area contributed by atoms with E-state index in [0.29, 0.717) is 6.61 Å². The maximum Gasteiger partial charge on any atom is 0.0823 e. The van der Waals surface area contributed by atoms with Crippen LogP contribution in [0, 0.1) is 0 Å². The highest BCUT2D eigenvalue weighted by molar-refractivity contribution is 4.34. The predicted octanol–water partition coefficient (Wildman–Crippen LogP) is 1.38. The molecule has 0 radical (unpaired) electrons. The molecule has 0 bridgehead atoms. The fourth-order valence-electron chi connectivity index (χ4n) is 0.593. The van der Waals surface area contributed by atoms with Crippen LogP contribution in [-0.4, -0.2) is 26.9 Å². The largest absolute Gasteiger partial charge is 0.382 e. The quantitative estimate of drug-likeness (QED) is 0.310. The molecule has 0 aliphatic heterocycles. The smallest absolute Gasteiger partial charge is 0.0823 e. The first-order valence-corrected chi connectivity index (χ1v) is 3.65. The first-order chi connectivity index (χ1) is 4.91. The third kappa shape index (κ3) is 7.88. The second kappa shape index (κ2) is 8.88. The van der Waals surface area contributed by atoms with Crippen molar-refractivity contribution in [3.8, 4) is 0 Å². The van der Waals surface area contributed by atoms with Crippen LogP contribution in [0.3, 0.4) is 0 Å². The molecule has 0 aliphatic rings. The van der Waals surface area contributed by atoms with Crippen LogP contribution >= 0.6 is 0 Å². The van der Waals surface area contributed by atoms with Crippen LogP contribution in [0.15, 0.2) is 0 Å². The fourth-order valence-corrected chi connectivity index (χ4v) is 0.593. The van der Waals surface area contributed by atoms with Gasteiger partial charge in [-0.2, -0.15) is 0 Å². The molecular formula is C7H16O3. The molecule has 0 saturated heterocycles. The van der Waals surface area contributed by atoms with E-state index >= 15 is 0 Å². The summed E-state index contributed by atoms with van der Waals surface area (Å²) >= 11 is 0. The van der Waals surface area contributed by atoms with Crippen LogP contribution in [-0.2, 0) is 14.5 Å². The average Bonchev–Trinajstić information content (AvgIpc) is 1.97. The normalized spacial score (nSPS) is 10.2. The molecule has 0 atom stereocenters. The molecule has 0 aromatic rings. The van der Waals surface area contributed by atoms with Crippen LogP contribution in [0.4, 0.5) is 0 Å². The lowest BCUT2D eigenvalue weighted by molar-refractivity contribution is -0.272. The van der Waals surface area contributed by atoms with Crippen molar-refractivity contribution in [3.05, 3.63) is 0 Å². The molecule has 3 heteroatoms. The van der Waals surface area contributed by atoms with E-state index in [-0.39, 0.29) is 0 Å². The lowest BCUT2D eigenvalue weighted by atomic mass is 10.3. The molecular weight excluding hydrogens is 132 g/mol. The van der Waals surface area contributed by atoms with Gasteiger partial charge in [-0.3, -0.25) is 0 Å². The molecule has 0 rings (SSSR count). The van der Waals surface area contributed by atoms with Gasteiger partial charge < -0.3 is 4.74 Å². The van der Waals surface area contributed by atoms with Crippen molar-refractivity contribution in [2.24, 2.45) is 0 Å². The minimum atomic E-state index is 0.656. The number of rotatable bonds is 7. The van der Waals surface area contributed by atoms with Crippen LogP contribution in [0.25, 0.3) is 0 Å². The second-order valence-electron chi connectivity index (χ2n) is 1.89. The molecule has 0 aliphatic carbocycles. The molecule has 0 N–H and O–H groups in total. The lowest BCUT2D eigenvalue weighted by Gasteiger charge is -2.00. The summed E-state index contributed by atoms with van der Waals surface area (Å²) in [4.78, 5) is 9.07. The Labute approximate surface area is 62.2 Å². The van der Waals surface area contributed by atoms with Crippen LogP contribution in [0.2, 0.25) is 0 Å². The van der Waals surface area contributed by atoms with Gasteiger partial charge in [0.2, 0.25) is 0 Å². The summed E-state index contributed by atoms with van der Waals surface area (Å²) in [7, 11) is 1.52. The lowest BCUT2D eigenvalue weighted by Crippen LogP contribution is -1.97. The highest BCUT2D eigenvalue weighted by Crippen LogP contribution is 1.90. The van der Waals surface area contributed by atoms with Gasteiger partial charge in [-0.1, -0.05) is 0 Å². The highest BCUT2D eigenvalue weighted by atomic mass is 17.2. The summed E-state index contributed by atoms with van der Waals surface area (Å²) in [5.41, 5.74) is 0. The number of unbranched alkanes of at least 4 members (excludes halogenated alkanes) is 1. The van der Waals surface area contributed by atoms with Crippen LogP contribution in [0.5, 0.6) is 0 Å². The van der Waals surface area contributed by atoms with Gasteiger partial charge in [0.05, 0.1) is 13.7 Å². The molecule has 0 fully saturated rings. The maximum absolute atomic E-state index is 5.12. The van der Waals surface area contributed by atoms with Crippen molar-refractivity contribution in [2.75, 3.05) is 26.9 Å². The minimum Gasteiger partial charge on any atom is -0.382 e. The summed E-state index contributed by atoms with van der Waals surface area (Å²) in [6.07, 6.45) is 2.03. The monoisotopic (exact) mass is 148 g/mol. The van der Waals surface area contributed by atoms with E-state index in [0.717, 1.165) is 26.1 Å². The molecule has 0 aromatic heterocycles. The van der Waals surface area contributed by atoms with E-state index < -0.39 is 0 Å². The van der Waals surface area contributed by atoms with Crippen LogP contribution < -0.4 is 0 Å². The second-order valence-corrected chi connectivity index (χ2v) is 1.89. The fraction of sp³-hybridized carbons (Fsp3) is 1.00. The van der Waals surface area contributed by atoms with Gasteiger partial charge in [-0.05, 0) is 19.8 Å². The Morgan fingerprint density at radius 3 is 2.40 bits per heavy atom. The van der Waals surface area contributed by atoms with Crippen molar-refractivity contribution in [2.45, 2.75) is 19.8 Å². The van der Waals surface area contributed by atoms with Gasteiger partial charge in [0.1, 0.15) is 0 Å². The van der Waals surface area contributed by atoms with Gasteiger partial charge in [-0.15, -0.1) is 0 Å². The zero-order chi connectivity index (χ0) is 7.66. The number of hydrogen-bond donors (Lipinski definition) is 0. The molecule has 0 saturated carbocycles. The molecule has 10 heavy (non-hydrogen) atoms. The Balaban J connectivity index is 2.65. The topological polar surface area (TPSA) is 27.7 Å². The van der Waals surface area contributed by atoms with E-state index in [9.17, 15) is 0 Å². The SMILES string of the molecule is CCOCCCCOOC. The Bertz CT molecular complexity index is 48.8. The summed E-state index contributed by atoms with van der Waals surface area (Å²) in [5, 5.41) is 0. The van der Waals surface area contributed by atoms with Gasteiger partial charge in [0, 0.05) is 13.2 Å². The highest BCUT2D eigenvalue weighted by Gasteiger charge is 1.87. The van der Waals surface area contributed by atoms with E-state index in [1.54, 1.807) is 0 Å². The van der Waals surface area contributed by atoms with Crippen molar-refractivity contribution >= 4 is 0 Å². The summed E-state index contributed by atoms with van der Waals surface area (Å²) in [6.45, 7) is 4.27. The standard InChI is InChI=1S/C7H16O3/c1-3-9-6-4-5-7-10-8-2/h3-7H2,1-2H3. The van der Waals surface area contributed by atoms with Gasteiger partial charge in [0.15, 0.2) is 0 Å². The molecule has 3 nitrogen and oxygen atoms in total. The zero-order valence-electron chi connectivity index (χ0n) is 6.76. The Morgan fingerprint density at radius 1 is 1.10 bits per heavy atom. The summed E-state index contributed by atoms with van der Waals surface area (Å²) in [6, 6.07) is 0. The first kappa shape index (κ1) is 9.88. The average molecular weight is 148 g/mol. The molecule has 0 aromatic carbocycles. The zero-order valence-corrected chi connectivity index (χ0v) is 6.76. The Kier molecular flexibility index (Phi) is 8.77. The van der Waals surface area contributed by atoms with Crippen molar-refractivity contribution in [1.29, 1.82) is 0 Å². The third-order valence-electron chi connectivity index (χ3n) is 1.09. The predicted molar refractivity (Wildman–Crippen MR) is 38.7 cm³/mol. The summed E-state index contributed by atoms with van der Waals surface area (Å²) in [5.74, 6) is 0. The maximum atomic E-state index is 5.12. The van der Waals surface area contributed by atoms with Gasteiger partial charge >= 0.3 is 0 Å². The van der Waals surface area contributed by atoms with E-state index in [1.807, 2.05) is 6.92 Å². The van der Waals surface area contributed by atoms with Crippen molar-refractivity contribution < 1.29 is 14.5 Å². The molecule has 0 unspecified atom stereocenters. The Morgan fingerprint density at radius 2 is 1.80 bits per heavy atom. The van der Waals surface area contributed by atoms with Crippen molar-refractivity contribution in [3.63, 3.8) is 0 Å². The van der Waals surface area contributed by atoms with E-state index in [2.05, 4.69) is 9.78 Å². The van der Waals surface area contributed by atoms with Gasteiger partial charge in [-0.25, -0.2) is 9.78 Å². The first-order valence-electron chi connectivity index (χ1n) is 3.65. The van der Waals surface area contributed by atoms with Crippen LogP contribution in [0.1, 0.15) is 19.8 Å². The van der Waals surface area contributed by atoms with Gasteiger partial charge in [0.25, 0.3) is 0 Å². The summed E-state index contributed by atoms with van der Waals surface area (Å²) < 4.78 is 5.12. The third-order valence-corrected chi connectivity index (χ3v) is 1.09.